The van der Waals surface area contributed by atoms with Crippen LogP contribution in [0, 0.1) is 35.0 Å². The minimum Gasteiger partial charge on any atom is -0.495 e. The van der Waals surface area contributed by atoms with E-state index >= 15 is 0 Å². The standard InChI is InChI=1S/C24H23N5O3/c1-14-11-28-23(32-13-24(12-26)6-7-24)18-9-17(22(27)30)15(2)29(21(14)18)19-5-4-16(10-25)8-20(19)31-3/h4-5,8,11H,6-7,9,13H2,1-3H3,(H2,27,30). The van der Waals surface area contributed by atoms with Crippen LogP contribution in [-0.4, -0.2) is 24.6 Å². The van der Waals surface area contributed by atoms with Crippen molar-refractivity contribution in [1.29, 1.82) is 10.5 Å². The molecule has 1 aliphatic carbocycles. The lowest BCUT2D eigenvalue weighted by Gasteiger charge is -2.35. The van der Waals surface area contributed by atoms with Gasteiger partial charge in [0.05, 0.1) is 41.6 Å². The molecule has 0 spiro atoms. The van der Waals surface area contributed by atoms with Gasteiger partial charge >= 0.3 is 0 Å². The van der Waals surface area contributed by atoms with E-state index in [0.29, 0.717) is 34.2 Å². The number of nitrogens with two attached hydrogens (primary N) is 1. The molecule has 162 valence electrons. The number of carbonyl (C=O) groups excluding carboxylic acids is 1. The van der Waals surface area contributed by atoms with Gasteiger partial charge < -0.3 is 20.1 Å². The molecular weight excluding hydrogens is 406 g/mol. The molecule has 1 aliphatic heterocycles. The summed E-state index contributed by atoms with van der Waals surface area (Å²) in [7, 11) is 1.53. The Hall–Kier alpha value is -4.04. The molecule has 2 aliphatic rings. The molecule has 1 saturated carbocycles. The Morgan fingerprint density at radius 1 is 1.31 bits per heavy atom. The van der Waals surface area contributed by atoms with E-state index in [1.807, 2.05) is 18.7 Å². The quantitative estimate of drug-likeness (QED) is 0.746. The van der Waals surface area contributed by atoms with Crippen LogP contribution in [-0.2, 0) is 11.2 Å². The number of nitriles is 2. The van der Waals surface area contributed by atoms with Crippen LogP contribution in [0.4, 0.5) is 11.4 Å². The summed E-state index contributed by atoms with van der Waals surface area (Å²) in [5.41, 5.74) is 9.93. The summed E-state index contributed by atoms with van der Waals surface area (Å²) in [6.07, 6.45) is 3.59. The Labute approximate surface area is 186 Å². The highest BCUT2D eigenvalue weighted by atomic mass is 16.5. The molecule has 0 unspecified atom stereocenters. The first-order chi connectivity index (χ1) is 15.3. The van der Waals surface area contributed by atoms with Crippen LogP contribution in [0.5, 0.6) is 11.6 Å². The number of pyridine rings is 1. The number of methoxy groups -OCH3 is 1. The first kappa shape index (κ1) is 21.2. The average molecular weight is 429 g/mol. The highest BCUT2D eigenvalue weighted by molar-refractivity contribution is 5.97. The number of allylic oxidation sites excluding steroid dienone is 1. The third-order valence-electron chi connectivity index (χ3n) is 6.07. The molecule has 0 atom stereocenters. The number of anilines is 2. The molecule has 0 saturated heterocycles. The lowest BCUT2D eigenvalue weighted by atomic mass is 9.93. The number of primary amides is 1. The Morgan fingerprint density at radius 3 is 2.66 bits per heavy atom. The minimum absolute atomic E-state index is 0.251. The van der Waals surface area contributed by atoms with Crippen LogP contribution in [0.3, 0.4) is 0 Å². The van der Waals surface area contributed by atoms with Crippen LogP contribution < -0.4 is 20.1 Å². The van der Waals surface area contributed by atoms with Crippen molar-refractivity contribution in [3.05, 3.63) is 52.4 Å². The molecule has 2 aromatic rings. The summed E-state index contributed by atoms with van der Waals surface area (Å²) in [6.45, 7) is 4.01. The van der Waals surface area contributed by atoms with Crippen LogP contribution in [0.15, 0.2) is 35.7 Å². The Bertz CT molecular complexity index is 1230. The predicted octanol–water partition coefficient (Wildman–Crippen LogP) is 3.41. The van der Waals surface area contributed by atoms with Crippen molar-refractivity contribution in [2.45, 2.75) is 33.1 Å². The molecule has 8 heteroatoms. The second kappa shape index (κ2) is 7.90. The van der Waals surface area contributed by atoms with Crippen molar-refractivity contribution in [2.24, 2.45) is 11.1 Å². The largest absolute Gasteiger partial charge is 0.495 e. The van der Waals surface area contributed by atoms with E-state index in [9.17, 15) is 15.3 Å². The number of carbonyl (C=O) groups is 1. The van der Waals surface area contributed by atoms with Crippen molar-refractivity contribution >= 4 is 17.3 Å². The summed E-state index contributed by atoms with van der Waals surface area (Å²) >= 11 is 0. The van der Waals surface area contributed by atoms with Gasteiger partial charge in [-0.1, -0.05) is 0 Å². The number of ether oxygens (including phenoxy) is 2. The fourth-order valence-corrected chi connectivity index (χ4v) is 3.98. The monoisotopic (exact) mass is 429 g/mol. The van der Waals surface area contributed by atoms with Gasteiger partial charge in [-0.25, -0.2) is 4.98 Å². The van der Waals surface area contributed by atoms with E-state index in [0.717, 1.165) is 29.7 Å². The Morgan fingerprint density at radius 2 is 2.06 bits per heavy atom. The highest BCUT2D eigenvalue weighted by Crippen LogP contribution is 2.48. The zero-order chi connectivity index (χ0) is 23.0. The number of benzene rings is 1. The lowest BCUT2D eigenvalue weighted by Crippen LogP contribution is -2.30. The number of fused-ring (bicyclic) bond motifs is 1. The Balaban J connectivity index is 1.89. The molecule has 2 heterocycles. The summed E-state index contributed by atoms with van der Waals surface area (Å²) < 4.78 is 11.6. The van der Waals surface area contributed by atoms with E-state index < -0.39 is 11.3 Å². The summed E-state index contributed by atoms with van der Waals surface area (Å²) in [5, 5.41) is 18.7. The van der Waals surface area contributed by atoms with Crippen LogP contribution >= 0.6 is 0 Å². The second-order valence-corrected chi connectivity index (χ2v) is 8.19. The van der Waals surface area contributed by atoms with E-state index in [1.165, 1.54) is 7.11 Å². The normalized spacial score (nSPS) is 16.0. The van der Waals surface area contributed by atoms with Crippen molar-refractivity contribution < 1.29 is 14.3 Å². The molecule has 1 aromatic heterocycles. The maximum absolute atomic E-state index is 12.3. The number of nitrogens with zero attached hydrogens (tertiary/aromatic N) is 4. The predicted molar refractivity (Wildman–Crippen MR) is 117 cm³/mol. The molecular formula is C24H23N5O3. The fraction of sp³-hybridized carbons (Fsp3) is 0.333. The van der Waals surface area contributed by atoms with E-state index in [-0.39, 0.29) is 13.0 Å². The lowest BCUT2D eigenvalue weighted by molar-refractivity contribution is -0.114. The molecule has 32 heavy (non-hydrogen) atoms. The number of hydrogen-bond donors (Lipinski definition) is 1. The van der Waals surface area contributed by atoms with Gasteiger partial charge in [0.1, 0.15) is 12.4 Å². The molecule has 1 fully saturated rings. The fourth-order valence-electron chi connectivity index (χ4n) is 3.98. The van der Waals surface area contributed by atoms with Gasteiger partial charge in [-0.15, -0.1) is 0 Å². The van der Waals surface area contributed by atoms with Gasteiger partial charge in [0.25, 0.3) is 0 Å². The van der Waals surface area contributed by atoms with Crippen LogP contribution in [0.2, 0.25) is 0 Å². The number of rotatable bonds is 6. The molecule has 0 bridgehead atoms. The molecule has 2 N–H and O–H groups in total. The summed E-state index contributed by atoms with van der Waals surface area (Å²) in [6, 6.07) is 9.56. The van der Waals surface area contributed by atoms with Crippen LogP contribution in [0.25, 0.3) is 0 Å². The smallest absolute Gasteiger partial charge is 0.246 e. The van der Waals surface area contributed by atoms with E-state index in [1.54, 1.807) is 24.4 Å². The number of aryl methyl sites for hydroxylation is 1. The molecule has 4 rings (SSSR count). The first-order valence-corrected chi connectivity index (χ1v) is 10.2. The maximum atomic E-state index is 12.3. The third-order valence-corrected chi connectivity index (χ3v) is 6.07. The van der Waals surface area contributed by atoms with Gasteiger partial charge in [0, 0.05) is 35.5 Å². The maximum Gasteiger partial charge on any atom is 0.246 e. The van der Waals surface area contributed by atoms with Gasteiger partial charge in [-0.2, -0.15) is 10.5 Å². The number of amides is 1. The van der Waals surface area contributed by atoms with E-state index in [4.69, 9.17) is 15.2 Å². The average Bonchev–Trinajstić information content (AvgIpc) is 3.58. The molecule has 8 nitrogen and oxygen atoms in total. The Kier molecular flexibility index (Phi) is 5.23. The second-order valence-electron chi connectivity index (χ2n) is 8.19. The van der Waals surface area contributed by atoms with Crippen molar-refractivity contribution in [3.8, 4) is 23.8 Å². The molecule has 1 aromatic carbocycles. The van der Waals surface area contributed by atoms with Crippen LogP contribution in [0.1, 0.15) is 36.5 Å². The SMILES string of the molecule is COc1cc(C#N)ccc1N1C(C)=C(C(N)=O)Cc2c(OCC3(C#N)CC3)ncc(C)c21. The molecule has 1 amide bonds. The van der Waals surface area contributed by atoms with Crippen molar-refractivity contribution in [2.75, 3.05) is 18.6 Å². The van der Waals surface area contributed by atoms with Crippen molar-refractivity contribution in [1.82, 2.24) is 4.98 Å². The number of aromatic nitrogens is 1. The molecule has 0 radical (unpaired) electrons. The summed E-state index contributed by atoms with van der Waals surface area (Å²) in [5.74, 6) is 0.338. The third kappa shape index (κ3) is 3.50. The number of hydrogen-bond acceptors (Lipinski definition) is 7. The van der Waals surface area contributed by atoms with Gasteiger partial charge in [-0.05, 0) is 44.4 Å². The van der Waals surface area contributed by atoms with Gasteiger partial charge in [0.15, 0.2) is 0 Å². The van der Waals surface area contributed by atoms with Gasteiger partial charge in [0.2, 0.25) is 11.8 Å². The highest BCUT2D eigenvalue weighted by Gasteiger charge is 2.44. The van der Waals surface area contributed by atoms with Crippen molar-refractivity contribution in [3.63, 3.8) is 0 Å². The first-order valence-electron chi connectivity index (χ1n) is 10.2. The summed E-state index contributed by atoms with van der Waals surface area (Å²) in [4.78, 5) is 18.7. The minimum atomic E-state index is -0.533. The zero-order valence-electron chi connectivity index (χ0n) is 18.2. The topological polar surface area (TPSA) is 125 Å². The van der Waals surface area contributed by atoms with Gasteiger partial charge in [-0.3, -0.25) is 4.79 Å². The van der Waals surface area contributed by atoms with E-state index in [2.05, 4.69) is 17.1 Å². The zero-order valence-corrected chi connectivity index (χ0v) is 18.2.